The van der Waals surface area contributed by atoms with E-state index >= 15 is 0 Å². The molecule has 0 aliphatic heterocycles. The van der Waals surface area contributed by atoms with Crippen molar-refractivity contribution in [2.75, 3.05) is 17.2 Å². The molecular formula is C13H15BrClN5. The molecule has 0 saturated carbocycles. The molecule has 106 valence electrons. The molecule has 2 N–H and O–H groups in total. The first kappa shape index (κ1) is 15.0. The van der Waals surface area contributed by atoms with E-state index in [0.29, 0.717) is 18.4 Å². The molecule has 2 aromatic rings. The van der Waals surface area contributed by atoms with Crippen LogP contribution in [0.4, 0.5) is 11.9 Å². The van der Waals surface area contributed by atoms with E-state index in [1.54, 1.807) is 0 Å². The van der Waals surface area contributed by atoms with Gasteiger partial charge in [0.25, 0.3) is 0 Å². The number of halogens is 2. The summed E-state index contributed by atoms with van der Waals surface area (Å²) in [5.41, 5.74) is 1.12. The van der Waals surface area contributed by atoms with Crippen molar-refractivity contribution in [2.24, 2.45) is 0 Å². The molecule has 0 atom stereocenters. The minimum absolute atomic E-state index is 0.176. The molecule has 0 saturated heterocycles. The number of benzene rings is 1. The normalized spacial score (nSPS) is 10.3. The standard InChI is InChI=1S/C13H15BrClN5/c1-2-6-16-12-18-11(15)19-13(20-12)17-8-9-4-3-5-10(14)7-9/h3-5,7H,2,6,8H2,1H3,(H2,16,17,18,19,20). The summed E-state index contributed by atoms with van der Waals surface area (Å²) in [6, 6.07) is 8.02. The highest BCUT2D eigenvalue weighted by Crippen LogP contribution is 2.14. The highest BCUT2D eigenvalue weighted by atomic mass is 79.9. The predicted molar refractivity (Wildman–Crippen MR) is 85.1 cm³/mol. The van der Waals surface area contributed by atoms with E-state index in [2.05, 4.69) is 48.4 Å². The van der Waals surface area contributed by atoms with Crippen molar-refractivity contribution in [3.63, 3.8) is 0 Å². The largest absolute Gasteiger partial charge is 0.354 e. The van der Waals surface area contributed by atoms with Gasteiger partial charge >= 0.3 is 0 Å². The number of nitrogens with zero attached hydrogens (tertiary/aromatic N) is 3. The number of hydrogen-bond acceptors (Lipinski definition) is 5. The summed E-state index contributed by atoms with van der Waals surface area (Å²) >= 11 is 9.33. The van der Waals surface area contributed by atoms with E-state index in [0.717, 1.165) is 23.0 Å². The van der Waals surface area contributed by atoms with Crippen LogP contribution in [0.5, 0.6) is 0 Å². The van der Waals surface area contributed by atoms with Gasteiger partial charge in [-0.3, -0.25) is 0 Å². The Hall–Kier alpha value is -1.40. The van der Waals surface area contributed by atoms with E-state index in [1.807, 2.05) is 24.3 Å². The van der Waals surface area contributed by atoms with Crippen LogP contribution in [0.3, 0.4) is 0 Å². The van der Waals surface area contributed by atoms with Crippen LogP contribution in [0.25, 0.3) is 0 Å². The third kappa shape index (κ3) is 4.61. The molecule has 0 unspecified atom stereocenters. The van der Waals surface area contributed by atoms with E-state index in [-0.39, 0.29) is 5.28 Å². The zero-order valence-corrected chi connectivity index (χ0v) is 13.4. The van der Waals surface area contributed by atoms with Crippen molar-refractivity contribution in [1.29, 1.82) is 0 Å². The van der Waals surface area contributed by atoms with Gasteiger partial charge in [0.15, 0.2) is 0 Å². The van der Waals surface area contributed by atoms with Crippen LogP contribution >= 0.6 is 27.5 Å². The van der Waals surface area contributed by atoms with Crippen LogP contribution in [0.15, 0.2) is 28.7 Å². The SMILES string of the molecule is CCCNc1nc(Cl)nc(NCc2cccc(Br)c2)n1. The molecule has 0 aliphatic rings. The predicted octanol–water partition coefficient (Wildman–Crippen LogP) is 3.72. The molecule has 1 heterocycles. The Balaban J connectivity index is 2.03. The minimum atomic E-state index is 0.176. The topological polar surface area (TPSA) is 62.7 Å². The third-order valence-corrected chi connectivity index (χ3v) is 3.14. The highest BCUT2D eigenvalue weighted by molar-refractivity contribution is 9.10. The van der Waals surface area contributed by atoms with Gasteiger partial charge in [-0.1, -0.05) is 35.0 Å². The maximum Gasteiger partial charge on any atom is 0.229 e. The summed E-state index contributed by atoms with van der Waals surface area (Å²) in [5.74, 6) is 0.951. The van der Waals surface area contributed by atoms with Gasteiger partial charge in [0.1, 0.15) is 0 Å². The van der Waals surface area contributed by atoms with Crippen molar-refractivity contribution >= 4 is 39.4 Å². The Morgan fingerprint density at radius 2 is 1.90 bits per heavy atom. The summed E-state index contributed by atoms with van der Waals surface area (Å²) in [5, 5.41) is 6.40. The van der Waals surface area contributed by atoms with Gasteiger partial charge in [-0.05, 0) is 35.7 Å². The van der Waals surface area contributed by atoms with Crippen LogP contribution in [-0.4, -0.2) is 21.5 Å². The van der Waals surface area contributed by atoms with Gasteiger partial charge in [-0.25, -0.2) is 0 Å². The van der Waals surface area contributed by atoms with Crippen LogP contribution in [0.1, 0.15) is 18.9 Å². The lowest BCUT2D eigenvalue weighted by atomic mass is 10.2. The molecular weight excluding hydrogens is 342 g/mol. The van der Waals surface area contributed by atoms with Crippen molar-refractivity contribution < 1.29 is 0 Å². The molecule has 7 heteroatoms. The molecule has 0 radical (unpaired) electrons. The van der Waals surface area contributed by atoms with Gasteiger partial charge in [0.2, 0.25) is 17.2 Å². The Labute approximate surface area is 131 Å². The lowest BCUT2D eigenvalue weighted by Gasteiger charge is -2.08. The fourth-order valence-electron chi connectivity index (χ4n) is 1.57. The summed E-state index contributed by atoms with van der Waals surface area (Å²) in [6.45, 7) is 3.49. The maximum absolute atomic E-state index is 5.89. The van der Waals surface area contributed by atoms with Gasteiger partial charge in [-0.15, -0.1) is 0 Å². The zero-order valence-electron chi connectivity index (χ0n) is 11.0. The monoisotopic (exact) mass is 355 g/mol. The first-order valence-corrected chi connectivity index (χ1v) is 7.48. The summed E-state index contributed by atoms with van der Waals surface area (Å²) in [7, 11) is 0. The number of anilines is 2. The maximum atomic E-state index is 5.89. The quantitative estimate of drug-likeness (QED) is 0.826. The third-order valence-electron chi connectivity index (χ3n) is 2.48. The summed E-state index contributed by atoms with van der Waals surface area (Å²) in [4.78, 5) is 12.4. The van der Waals surface area contributed by atoms with E-state index in [1.165, 1.54) is 0 Å². The minimum Gasteiger partial charge on any atom is -0.354 e. The molecule has 20 heavy (non-hydrogen) atoms. The van der Waals surface area contributed by atoms with Crippen LogP contribution in [-0.2, 0) is 6.54 Å². The fourth-order valence-corrected chi connectivity index (χ4v) is 2.18. The second kappa shape index (κ2) is 7.40. The Morgan fingerprint density at radius 3 is 2.60 bits per heavy atom. The van der Waals surface area contributed by atoms with Crippen molar-refractivity contribution in [3.05, 3.63) is 39.6 Å². The summed E-state index contributed by atoms with van der Waals surface area (Å²) < 4.78 is 1.04. The second-order valence-electron chi connectivity index (χ2n) is 4.16. The first-order valence-electron chi connectivity index (χ1n) is 6.31. The van der Waals surface area contributed by atoms with E-state index in [4.69, 9.17) is 11.6 Å². The number of hydrogen-bond donors (Lipinski definition) is 2. The zero-order chi connectivity index (χ0) is 14.4. The van der Waals surface area contributed by atoms with Gasteiger partial charge < -0.3 is 10.6 Å². The smallest absolute Gasteiger partial charge is 0.229 e. The molecule has 5 nitrogen and oxygen atoms in total. The molecule has 1 aromatic carbocycles. The fraction of sp³-hybridized carbons (Fsp3) is 0.308. The number of nitrogens with one attached hydrogen (secondary N) is 2. The van der Waals surface area contributed by atoms with E-state index < -0.39 is 0 Å². The Morgan fingerprint density at radius 1 is 1.15 bits per heavy atom. The number of aromatic nitrogens is 3. The Bertz CT molecular complexity index is 578. The lowest BCUT2D eigenvalue weighted by molar-refractivity contribution is 0.932. The van der Waals surface area contributed by atoms with Crippen LogP contribution in [0.2, 0.25) is 5.28 Å². The average Bonchev–Trinajstić information content (AvgIpc) is 2.42. The molecule has 2 rings (SSSR count). The van der Waals surface area contributed by atoms with E-state index in [9.17, 15) is 0 Å². The number of rotatable bonds is 6. The molecule has 0 fully saturated rings. The van der Waals surface area contributed by atoms with Crippen LogP contribution in [0, 0.1) is 0 Å². The molecule has 0 amide bonds. The van der Waals surface area contributed by atoms with Gasteiger partial charge in [-0.2, -0.15) is 15.0 Å². The Kier molecular flexibility index (Phi) is 5.55. The lowest BCUT2D eigenvalue weighted by Crippen LogP contribution is -2.09. The van der Waals surface area contributed by atoms with Crippen molar-refractivity contribution in [1.82, 2.24) is 15.0 Å². The molecule has 0 aliphatic carbocycles. The first-order chi connectivity index (χ1) is 9.67. The molecule has 0 spiro atoms. The van der Waals surface area contributed by atoms with Gasteiger partial charge in [0.05, 0.1) is 0 Å². The average molecular weight is 357 g/mol. The van der Waals surface area contributed by atoms with Gasteiger partial charge in [0, 0.05) is 17.6 Å². The molecule has 0 bridgehead atoms. The highest BCUT2D eigenvalue weighted by Gasteiger charge is 2.04. The van der Waals surface area contributed by atoms with Crippen molar-refractivity contribution in [2.45, 2.75) is 19.9 Å². The molecule has 1 aromatic heterocycles. The van der Waals surface area contributed by atoms with Crippen molar-refractivity contribution in [3.8, 4) is 0 Å². The van der Waals surface area contributed by atoms with Crippen LogP contribution < -0.4 is 10.6 Å². The summed E-state index contributed by atoms with van der Waals surface area (Å²) in [6.07, 6.45) is 0.990. The second-order valence-corrected chi connectivity index (χ2v) is 5.42.